The summed E-state index contributed by atoms with van der Waals surface area (Å²) in [6, 6.07) is 4.07. The molecule has 0 radical (unpaired) electrons. The molecule has 14 heavy (non-hydrogen) atoms. The number of aliphatic hydroxyl groups excluding tert-OH is 1. The number of benzene rings is 1. The van der Waals surface area contributed by atoms with Crippen LogP contribution in [-0.4, -0.2) is 11.7 Å². The van der Waals surface area contributed by atoms with Crippen LogP contribution in [0.5, 0.6) is 0 Å². The van der Waals surface area contributed by atoms with Crippen LogP contribution in [0.3, 0.4) is 0 Å². The van der Waals surface area contributed by atoms with E-state index in [4.69, 9.17) is 10.8 Å². The van der Waals surface area contributed by atoms with Gasteiger partial charge in [0, 0.05) is 17.1 Å². The SMILES string of the molecule is Cc1cc(C(N)CCO)cc(C)c1Br. The molecule has 0 aliphatic rings. The van der Waals surface area contributed by atoms with Gasteiger partial charge in [0.05, 0.1) is 0 Å². The van der Waals surface area contributed by atoms with Crippen LogP contribution >= 0.6 is 15.9 Å². The van der Waals surface area contributed by atoms with Crippen LogP contribution in [0.4, 0.5) is 0 Å². The summed E-state index contributed by atoms with van der Waals surface area (Å²) in [5, 5.41) is 8.80. The van der Waals surface area contributed by atoms with Crippen molar-refractivity contribution in [2.75, 3.05) is 6.61 Å². The van der Waals surface area contributed by atoms with E-state index in [0.717, 1.165) is 10.0 Å². The molecule has 0 aliphatic carbocycles. The van der Waals surface area contributed by atoms with Crippen LogP contribution in [0.15, 0.2) is 16.6 Å². The molecule has 1 rings (SSSR count). The molecule has 1 unspecified atom stereocenters. The van der Waals surface area contributed by atoms with Gasteiger partial charge in [-0.1, -0.05) is 28.1 Å². The van der Waals surface area contributed by atoms with E-state index < -0.39 is 0 Å². The fraction of sp³-hybridized carbons (Fsp3) is 0.455. The molecule has 78 valence electrons. The monoisotopic (exact) mass is 257 g/mol. The minimum absolute atomic E-state index is 0.0644. The molecule has 2 nitrogen and oxygen atoms in total. The third-order valence-electron chi connectivity index (χ3n) is 2.33. The van der Waals surface area contributed by atoms with Gasteiger partial charge in [0.15, 0.2) is 0 Å². The summed E-state index contributed by atoms with van der Waals surface area (Å²) in [7, 11) is 0. The molecule has 1 aromatic carbocycles. The first-order valence-corrected chi connectivity index (χ1v) is 5.48. The van der Waals surface area contributed by atoms with E-state index in [9.17, 15) is 0 Å². The summed E-state index contributed by atoms with van der Waals surface area (Å²) in [4.78, 5) is 0. The minimum Gasteiger partial charge on any atom is -0.396 e. The lowest BCUT2D eigenvalue weighted by molar-refractivity contribution is 0.276. The van der Waals surface area contributed by atoms with Gasteiger partial charge in [0.2, 0.25) is 0 Å². The highest BCUT2D eigenvalue weighted by atomic mass is 79.9. The molecule has 0 amide bonds. The summed E-state index contributed by atoms with van der Waals surface area (Å²) in [5.41, 5.74) is 9.39. The van der Waals surface area contributed by atoms with Gasteiger partial charge in [0.1, 0.15) is 0 Å². The zero-order valence-electron chi connectivity index (χ0n) is 8.55. The molecule has 1 aromatic rings. The highest BCUT2D eigenvalue weighted by Crippen LogP contribution is 2.25. The minimum atomic E-state index is -0.0644. The third kappa shape index (κ3) is 2.56. The highest BCUT2D eigenvalue weighted by Gasteiger charge is 2.08. The summed E-state index contributed by atoms with van der Waals surface area (Å²) < 4.78 is 1.14. The van der Waals surface area contributed by atoms with Crippen LogP contribution in [-0.2, 0) is 0 Å². The zero-order chi connectivity index (χ0) is 10.7. The van der Waals surface area contributed by atoms with E-state index in [2.05, 4.69) is 28.1 Å². The molecule has 1 atom stereocenters. The lowest BCUT2D eigenvalue weighted by Gasteiger charge is -2.13. The predicted molar refractivity (Wildman–Crippen MR) is 62.2 cm³/mol. The Balaban J connectivity index is 3.00. The van der Waals surface area contributed by atoms with Crippen LogP contribution in [0.1, 0.15) is 29.2 Å². The van der Waals surface area contributed by atoms with E-state index in [-0.39, 0.29) is 12.6 Å². The van der Waals surface area contributed by atoms with Crippen molar-refractivity contribution < 1.29 is 5.11 Å². The molecule has 0 aromatic heterocycles. The van der Waals surface area contributed by atoms with Crippen molar-refractivity contribution in [3.05, 3.63) is 33.3 Å². The van der Waals surface area contributed by atoms with E-state index >= 15 is 0 Å². The van der Waals surface area contributed by atoms with Crippen LogP contribution in [0, 0.1) is 13.8 Å². The number of aryl methyl sites for hydroxylation is 2. The molecule has 0 aliphatic heterocycles. The van der Waals surface area contributed by atoms with Crippen molar-refractivity contribution in [3.63, 3.8) is 0 Å². The zero-order valence-corrected chi connectivity index (χ0v) is 10.1. The average Bonchev–Trinajstić information content (AvgIpc) is 2.13. The number of aliphatic hydroxyl groups is 1. The lowest BCUT2D eigenvalue weighted by atomic mass is 10.0. The number of hydrogen-bond donors (Lipinski definition) is 2. The molecule has 3 heteroatoms. The first kappa shape index (κ1) is 11.7. The van der Waals surface area contributed by atoms with Gasteiger partial charge in [-0.15, -0.1) is 0 Å². The van der Waals surface area contributed by atoms with E-state index in [1.807, 2.05) is 13.8 Å². The van der Waals surface area contributed by atoms with Crippen molar-refractivity contribution in [2.45, 2.75) is 26.3 Å². The molecular formula is C11H16BrNO. The second-order valence-electron chi connectivity index (χ2n) is 3.59. The molecule has 0 heterocycles. The quantitative estimate of drug-likeness (QED) is 0.874. The fourth-order valence-electron chi connectivity index (χ4n) is 1.50. The van der Waals surface area contributed by atoms with E-state index in [0.29, 0.717) is 6.42 Å². The molecule has 0 saturated heterocycles. The number of hydrogen-bond acceptors (Lipinski definition) is 2. The Labute approximate surface area is 93.3 Å². The Hall–Kier alpha value is -0.380. The maximum absolute atomic E-state index is 8.80. The highest BCUT2D eigenvalue weighted by molar-refractivity contribution is 9.10. The van der Waals surface area contributed by atoms with Crippen molar-refractivity contribution >= 4 is 15.9 Å². The number of nitrogens with two attached hydrogens (primary N) is 1. The number of halogens is 1. The second-order valence-corrected chi connectivity index (χ2v) is 4.38. The molecular weight excluding hydrogens is 242 g/mol. The first-order chi connectivity index (χ1) is 6.56. The smallest absolute Gasteiger partial charge is 0.0449 e. The van der Waals surface area contributed by atoms with Crippen LogP contribution in [0.2, 0.25) is 0 Å². The normalized spacial score (nSPS) is 12.9. The van der Waals surface area contributed by atoms with Gasteiger partial charge in [-0.05, 0) is 37.0 Å². The van der Waals surface area contributed by atoms with Crippen molar-refractivity contribution in [1.82, 2.24) is 0 Å². The summed E-state index contributed by atoms with van der Waals surface area (Å²) in [6.07, 6.45) is 0.612. The van der Waals surface area contributed by atoms with E-state index in [1.165, 1.54) is 11.1 Å². The largest absolute Gasteiger partial charge is 0.396 e. The van der Waals surface area contributed by atoms with Crippen molar-refractivity contribution in [3.8, 4) is 0 Å². The summed E-state index contributed by atoms with van der Waals surface area (Å²) in [5.74, 6) is 0. The third-order valence-corrected chi connectivity index (χ3v) is 3.58. The average molecular weight is 258 g/mol. The Morgan fingerprint density at radius 1 is 1.36 bits per heavy atom. The fourth-order valence-corrected chi connectivity index (χ4v) is 1.73. The van der Waals surface area contributed by atoms with Gasteiger partial charge in [-0.2, -0.15) is 0 Å². The van der Waals surface area contributed by atoms with Gasteiger partial charge >= 0.3 is 0 Å². The van der Waals surface area contributed by atoms with Gasteiger partial charge < -0.3 is 10.8 Å². The molecule has 0 spiro atoms. The Bertz CT molecular complexity index is 302. The topological polar surface area (TPSA) is 46.2 Å². The van der Waals surface area contributed by atoms with Gasteiger partial charge in [-0.25, -0.2) is 0 Å². The first-order valence-electron chi connectivity index (χ1n) is 4.69. The Morgan fingerprint density at radius 2 is 1.86 bits per heavy atom. The maximum atomic E-state index is 8.80. The predicted octanol–water partition coefficient (Wildman–Crippen LogP) is 2.45. The van der Waals surface area contributed by atoms with Crippen molar-refractivity contribution in [2.24, 2.45) is 5.73 Å². The second kappa shape index (κ2) is 4.91. The Kier molecular flexibility index (Phi) is 4.11. The van der Waals surface area contributed by atoms with Gasteiger partial charge in [0.25, 0.3) is 0 Å². The van der Waals surface area contributed by atoms with Crippen LogP contribution < -0.4 is 5.73 Å². The summed E-state index contributed by atoms with van der Waals surface area (Å²) in [6.45, 7) is 4.23. The number of rotatable bonds is 3. The lowest BCUT2D eigenvalue weighted by Crippen LogP contribution is -2.12. The van der Waals surface area contributed by atoms with Crippen molar-refractivity contribution in [1.29, 1.82) is 0 Å². The standard InChI is InChI=1S/C11H16BrNO/c1-7-5-9(10(13)3-4-14)6-8(2)11(7)12/h5-6,10,14H,3-4,13H2,1-2H3. The molecule has 0 saturated carbocycles. The van der Waals surface area contributed by atoms with Gasteiger partial charge in [-0.3, -0.25) is 0 Å². The Morgan fingerprint density at radius 3 is 2.29 bits per heavy atom. The molecule has 0 bridgehead atoms. The van der Waals surface area contributed by atoms with Crippen LogP contribution in [0.25, 0.3) is 0 Å². The molecule has 0 fully saturated rings. The summed E-state index contributed by atoms with van der Waals surface area (Å²) >= 11 is 3.51. The van der Waals surface area contributed by atoms with E-state index in [1.54, 1.807) is 0 Å². The molecule has 3 N–H and O–H groups in total. The maximum Gasteiger partial charge on any atom is 0.0449 e.